The van der Waals surface area contributed by atoms with Crippen LogP contribution in [0, 0.1) is 10.1 Å². The van der Waals surface area contributed by atoms with Gasteiger partial charge in [0.15, 0.2) is 0 Å². The molecule has 0 radical (unpaired) electrons. The maximum absolute atomic E-state index is 13.1. The molecule has 0 aromatic heterocycles. The van der Waals surface area contributed by atoms with Gasteiger partial charge in [-0.05, 0) is 32.0 Å². The van der Waals surface area contributed by atoms with Crippen LogP contribution in [0.4, 0.5) is 18.9 Å². The largest absolute Gasteiger partial charge is 0.416 e. The first-order chi connectivity index (χ1) is 14.2. The fourth-order valence-corrected chi connectivity index (χ4v) is 6.02. The van der Waals surface area contributed by atoms with Crippen molar-refractivity contribution in [3.05, 3.63) is 38.9 Å². The summed E-state index contributed by atoms with van der Waals surface area (Å²) >= 11 is -1.23. The Kier molecular flexibility index (Phi) is 8.99. The highest BCUT2D eigenvalue weighted by molar-refractivity contribution is 8.13. The first kappa shape index (κ1) is 25.7. The van der Waals surface area contributed by atoms with Gasteiger partial charge in [0, 0.05) is 31.5 Å². The lowest BCUT2D eigenvalue weighted by molar-refractivity contribution is -0.385. The molecule has 31 heavy (non-hydrogen) atoms. The minimum Gasteiger partial charge on any atom is -0.304 e. The molecule has 1 unspecified atom stereocenters. The van der Waals surface area contributed by atoms with Crippen molar-refractivity contribution in [1.82, 2.24) is 13.9 Å². The molecule has 1 aromatic rings. The van der Waals surface area contributed by atoms with Gasteiger partial charge < -0.3 is 9.62 Å². The average Bonchev–Trinajstić information content (AvgIpc) is 2.92. The van der Waals surface area contributed by atoms with E-state index in [-0.39, 0.29) is 29.3 Å². The Morgan fingerprint density at radius 1 is 1.19 bits per heavy atom. The number of hydrogen-bond donors (Lipinski definition) is 2. The molecule has 3 rings (SSSR count). The summed E-state index contributed by atoms with van der Waals surface area (Å²) in [5.74, 6) is -0.485. The summed E-state index contributed by atoms with van der Waals surface area (Å²) in [5.41, 5.74) is -1.94. The lowest BCUT2D eigenvalue weighted by Crippen LogP contribution is -2.38. The van der Waals surface area contributed by atoms with Crippen LogP contribution in [0.15, 0.2) is 12.1 Å². The summed E-state index contributed by atoms with van der Waals surface area (Å²) in [6.45, 7) is 6.47. The minimum atomic E-state index is -4.76. The molecule has 1 saturated heterocycles. The number of nitro groups is 1. The van der Waals surface area contributed by atoms with Gasteiger partial charge in [-0.15, -0.1) is 23.7 Å². The number of hydrogen-bond acceptors (Lipinski definition) is 5. The number of fused-ring (bicyclic) bond motifs is 1. The van der Waals surface area contributed by atoms with E-state index in [0.29, 0.717) is 6.07 Å². The third-order valence-electron chi connectivity index (χ3n) is 5.52. The standard InChI is InChI=1S/C19H27F3N4O3S.ClH/c1-2-3-4-6-24-7-5-8-25(10-9-24)30-13-16-15(18(27)23-30)11-14(19(20,21)22)12-17(16)26(28)29;/h11-12,30H,2-10,13H2,1H3,(H,23,27);1H. The van der Waals surface area contributed by atoms with E-state index in [1.807, 2.05) is 0 Å². The molecule has 0 spiro atoms. The molecule has 1 atom stereocenters. The van der Waals surface area contributed by atoms with Crippen LogP contribution in [-0.4, -0.2) is 52.8 Å². The molecule has 7 nitrogen and oxygen atoms in total. The molecule has 1 aromatic carbocycles. The molecule has 176 valence electrons. The number of unbranched alkanes of at least 4 members (excludes halogenated alkanes) is 2. The summed E-state index contributed by atoms with van der Waals surface area (Å²) in [4.78, 5) is 25.6. The normalized spacial score (nSPS) is 21.5. The Bertz CT molecular complexity index is 795. The average molecular weight is 485 g/mol. The Hall–Kier alpha value is -1.56. The number of halogens is 4. The maximum Gasteiger partial charge on any atom is 0.416 e. The van der Waals surface area contributed by atoms with Crippen LogP contribution in [0.25, 0.3) is 0 Å². The number of benzene rings is 1. The lowest BCUT2D eigenvalue weighted by atomic mass is 10.0. The van der Waals surface area contributed by atoms with E-state index in [0.717, 1.165) is 58.1 Å². The van der Waals surface area contributed by atoms with Crippen molar-refractivity contribution >= 4 is 35.3 Å². The van der Waals surface area contributed by atoms with E-state index >= 15 is 0 Å². The summed E-state index contributed by atoms with van der Waals surface area (Å²) in [6.07, 6.45) is -0.352. The monoisotopic (exact) mass is 484 g/mol. The first-order valence-electron chi connectivity index (χ1n) is 10.1. The number of nitrogens with zero attached hydrogens (tertiary/aromatic N) is 3. The number of thiol groups is 1. The van der Waals surface area contributed by atoms with Crippen LogP contribution >= 0.6 is 23.7 Å². The van der Waals surface area contributed by atoms with Gasteiger partial charge in [0.05, 0.1) is 21.6 Å². The van der Waals surface area contributed by atoms with Crippen LogP contribution in [0.3, 0.4) is 0 Å². The molecule has 1 fully saturated rings. The van der Waals surface area contributed by atoms with Gasteiger partial charge in [-0.25, -0.2) is 0 Å². The highest BCUT2D eigenvalue weighted by Crippen LogP contribution is 2.43. The fourth-order valence-electron chi connectivity index (χ4n) is 3.90. The van der Waals surface area contributed by atoms with Crippen LogP contribution in [-0.2, 0) is 11.9 Å². The molecule has 2 heterocycles. The number of alkyl halides is 3. The van der Waals surface area contributed by atoms with Crippen LogP contribution < -0.4 is 4.72 Å². The zero-order chi connectivity index (χ0) is 21.9. The number of carbonyl (C=O) groups excluding carboxylic acids is 1. The summed E-state index contributed by atoms with van der Waals surface area (Å²) in [5, 5.41) is 11.5. The number of carbonyl (C=O) groups is 1. The van der Waals surface area contributed by atoms with Crippen LogP contribution in [0.2, 0.25) is 0 Å². The highest BCUT2D eigenvalue weighted by Gasteiger charge is 2.38. The van der Waals surface area contributed by atoms with Crippen molar-refractivity contribution in [2.24, 2.45) is 0 Å². The van der Waals surface area contributed by atoms with Gasteiger partial charge >= 0.3 is 6.18 Å². The zero-order valence-electron chi connectivity index (χ0n) is 17.3. The smallest absolute Gasteiger partial charge is 0.304 e. The number of nitro benzene ring substituents is 1. The number of nitrogens with one attached hydrogen (secondary N) is 1. The number of rotatable bonds is 6. The maximum atomic E-state index is 13.1. The SMILES string of the molecule is CCCCCN1CCCN([SH]2Cc3c(cc(C(F)(F)F)cc3[N+](=O)[O-])C(=O)N2)CC1.Cl. The molecular formula is C19H28ClF3N4O3S. The molecule has 0 saturated carbocycles. The molecule has 1 amide bonds. The molecule has 12 heteroatoms. The zero-order valence-corrected chi connectivity index (χ0v) is 19.0. The van der Waals surface area contributed by atoms with Crippen molar-refractivity contribution in [1.29, 1.82) is 0 Å². The lowest BCUT2D eigenvalue weighted by Gasteiger charge is -2.38. The van der Waals surface area contributed by atoms with E-state index in [4.69, 9.17) is 0 Å². The van der Waals surface area contributed by atoms with Crippen molar-refractivity contribution in [2.45, 2.75) is 44.5 Å². The first-order valence-corrected chi connectivity index (χ1v) is 11.6. The van der Waals surface area contributed by atoms with E-state index in [1.54, 1.807) is 0 Å². The fraction of sp³-hybridized carbons (Fsp3) is 0.632. The Morgan fingerprint density at radius 2 is 1.94 bits per heavy atom. The Morgan fingerprint density at radius 3 is 2.58 bits per heavy atom. The van der Waals surface area contributed by atoms with Gasteiger partial charge in [0.25, 0.3) is 11.6 Å². The van der Waals surface area contributed by atoms with E-state index < -0.39 is 39.5 Å². The van der Waals surface area contributed by atoms with Gasteiger partial charge in [0.2, 0.25) is 0 Å². The Balaban J connectivity index is 0.00000341. The van der Waals surface area contributed by atoms with Gasteiger partial charge in [0.1, 0.15) is 0 Å². The quantitative estimate of drug-likeness (QED) is 0.272. The van der Waals surface area contributed by atoms with Gasteiger partial charge in [-0.2, -0.15) is 13.2 Å². The molecule has 2 aliphatic rings. The van der Waals surface area contributed by atoms with Crippen molar-refractivity contribution in [3.63, 3.8) is 0 Å². The molecule has 0 aliphatic carbocycles. The van der Waals surface area contributed by atoms with E-state index in [9.17, 15) is 28.1 Å². The van der Waals surface area contributed by atoms with Crippen molar-refractivity contribution < 1.29 is 22.9 Å². The third kappa shape index (κ3) is 6.24. The second-order valence-electron chi connectivity index (χ2n) is 7.63. The molecule has 1 N–H and O–H groups in total. The van der Waals surface area contributed by atoms with Crippen molar-refractivity contribution in [3.8, 4) is 0 Å². The van der Waals surface area contributed by atoms with Crippen LogP contribution in [0.1, 0.15) is 54.1 Å². The molecule has 2 aliphatic heterocycles. The van der Waals surface area contributed by atoms with E-state index in [2.05, 4.69) is 20.9 Å². The highest BCUT2D eigenvalue weighted by atomic mass is 35.5. The molecule has 0 bridgehead atoms. The Labute approximate surface area is 188 Å². The van der Waals surface area contributed by atoms with E-state index in [1.165, 1.54) is 6.42 Å². The third-order valence-corrected chi connectivity index (χ3v) is 7.68. The second-order valence-corrected chi connectivity index (χ2v) is 9.54. The summed E-state index contributed by atoms with van der Waals surface area (Å²) in [7, 11) is 0. The van der Waals surface area contributed by atoms with Crippen molar-refractivity contribution in [2.75, 3.05) is 32.7 Å². The topological polar surface area (TPSA) is 78.7 Å². The minimum absolute atomic E-state index is 0. The van der Waals surface area contributed by atoms with Crippen LogP contribution in [0.5, 0.6) is 0 Å². The van der Waals surface area contributed by atoms with Gasteiger partial charge in [-0.3, -0.25) is 19.2 Å². The second kappa shape index (κ2) is 10.8. The summed E-state index contributed by atoms with van der Waals surface area (Å²) < 4.78 is 44.3. The van der Waals surface area contributed by atoms with Gasteiger partial charge in [-0.1, -0.05) is 19.8 Å². The molecular weight excluding hydrogens is 457 g/mol. The summed E-state index contributed by atoms with van der Waals surface area (Å²) in [6, 6.07) is 1.27. The predicted molar refractivity (Wildman–Crippen MR) is 118 cm³/mol. The number of amides is 1. The predicted octanol–water partition coefficient (Wildman–Crippen LogP) is 4.31.